The Balaban J connectivity index is 1.47. The van der Waals surface area contributed by atoms with Crippen molar-refractivity contribution in [3.8, 4) is 0 Å². The van der Waals surface area contributed by atoms with E-state index in [1.807, 2.05) is 12.4 Å². The van der Waals surface area contributed by atoms with Gasteiger partial charge in [-0.15, -0.1) is 0 Å². The summed E-state index contributed by atoms with van der Waals surface area (Å²) < 4.78 is 2.27. The highest BCUT2D eigenvalue weighted by atomic mass is 15.0. The standard InChI is InChI=1S/C29H45N2/c1-2-3-4-5-6-7-8-9-10-11-12-13-14-15-16-20-23-29-26-30-24-25-31(29)27-28-21-18-17-19-22-28/h17-26H,2-16,27H2,1H3/q+1. The Labute approximate surface area is 191 Å². The van der Waals surface area contributed by atoms with Gasteiger partial charge in [-0.05, 0) is 12.8 Å². The molecule has 0 unspecified atom stereocenters. The van der Waals surface area contributed by atoms with Crippen LogP contribution in [0.1, 0.15) is 114 Å². The second-order valence-electron chi connectivity index (χ2n) is 8.90. The van der Waals surface area contributed by atoms with E-state index in [4.69, 9.17) is 0 Å². The van der Waals surface area contributed by atoms with Crippen LogP contribution >= 0.6 is 0 Å². The number of nitrogens with zero attached hydrogens (tertiary/aromatic N) is 2. The van der Waals surface area contributed by atoms with Gasteiger partial charge in [0.2, 0.25) is 5.69 Å². The Morgan fingerprint density at radius 1 is 0.742 bits per heavy atom. The molecule has 0 saturated carbocycles. The molecular formula is C29H45N2+. The van der Waals surface area contributed by atoms with Crippen molar-refractivity contribution in [2.75, 3.05) is 0 Å². The van der Waals surface area contributed by atoms with Crippen molar-refractivity contribution < 1.29 is 4.57 Å². The summed E-state index contributed by atoms with van der Waals surface area (Å²) in [5, 5.41) is 0. The van der Waals surface area contributed by atoms with Crippen molar-refractivity contribution in [2.45, 2.75) is 110 Å². The Bertz CT molecular complexity index is 693. The lowest BCUT2D eigenvalue weighted by Crippen LogP contribution is -2.37. The lowest BCUT2D eigenvalue weighted by atomic mass is 10.0. The first-order chi connectivity index (χ1) is 15.4. The number of benzene rings is 1. The maximum absolute atomic E-state index is 4.31. The predicted octanol–water partition coefficient (Wildman–Crippen LogP) is 8.30. The van der Waals surface area contributed by atoms with Gasteiger partial charge in [0.1, 0.15) is 0 Å². The molecule has 0 radical (unpaired) electrons. The van der Waals surface area contributed by atoms with Gasteiger partial charge >= 0.3 is 0 Å². The number of aromatic nitrogens is 2. The predicted molar refractivity (Wildman–Crippen MR) is 134 cm³/mol. The molecule has 1 heterocycles. The fraction of sp³-hybridized carbons (Fsp3) is 0.586. The van der Waals surface area contributed by atoms with Gasteiger partial charge in [0, 0.05) is 11.6 Å². The third-order valence-corrected chi connectivity index (χ3v) is 6.08. The molecule has 2 aromatic rings. The SMILES string of the molecule is CCCCCCCCCCCCCCCCC=Cc1cncc[n+]1Cc1ccccc1. The molecule has 1 aromatic carbocycles. The number of allylic oxidation sites excluding steroid dienone is 1. The molecule has 0 fully saturated rings. The van der Waals surface area contributed by atoms with Gasteiger partial charge in [-0.1, -0.05) is 127 Å². The fourth-order valence-electron chi connectivity index (χ4n) is 4.12. The molecule has 0 aliphatic carbocycles. The third-order valence-electron chi connectivity index (χ3n) is 6.08. The Kier molecular flexibility index (Phi) is 14.4. The Hall–Kier alpha value is -1.96. The van der Waals surface area contributed by atoms with Crippen LogP contribution in [0.3, 0.4) is 0 Å². The van der Waals surface area contributed by atoms with Gasteiger partial charge in [-0.3, -0.25) is 4.98 Å². The van der Waals surface area contributed by atoms with Crippen LogP contribution in [-0.2, 0) is 6.54 Å². The van der Waals surface area contributed by atoms with Gasteiger partial charge in [0.15, 0.2) is 12.7 Å². The van der Waals surface area contributed by atoms with Crippen LogP contribution in [0.25, 0.3) is 6.08 Å². The average molecular weight is 422 g/mol. The van der Waals surface area contributed by atoms with Crippen molar-refractivity contribution in [2.24, 2.45) is 0 Å². The summed E-state index contributed by atoms with van der Waals surface area (Å²) in [6.07, 6.45) is 31.5. The van der Waals surface area contributed by atoms with Crippen LogP contribution in [0.4, 0.5) is 0 Å². The summed E-state index contributed by atoms with van der Waals surface area (Å²) in [4.78, 5) is 4.31. The Morgan fingerprint density at radius 3 is 1.94 bits per heavy atom. The smallest absolute Gasteiger partial charge is 0.223 e. The summed E-state index contributed by atoms with van der Waals surface area (Å²) in [5.74, 6) is 0. The Morgan fingerprint density at radius 2 is 1.32 bits per heavy atom. The van der Waals surface area contributed by atoms with Crippen molar-refractivity contribution in [3.63, 3.8) is 0 Å². The number of rotatable bonds is 18. The summed E-state index contributed by atoms with van der Waals surface area (Å²) in [7, 11) is 0. The lowest BCUT2D eigenvalue weighted by molar-refractivity contribution is -0.690. The summed E-state index contributed by atoms with van der Waals surface area (Å²) >= 11 is 0. The minimum Gasteiger partial charge on any atom is -0.252 e. The van der Waals surface area contributed by atoms with E-state index in [2.05, 4.69) is 65.2 Å². The number of unbranched alkanes of at least 4 members (excludes halogenated alkanes) is 14. The van der Waals surface area contributed by atoms with Gasteiger partial charge in [-0.2, -0.15) is 4.57 Å². The quantitative estimate of drug-likeness (QED) is 0.175. The zero-order valence-electron chi connectivity index (χ0n) is 20.0. The molecule has 2 nitrogen and oxygen atoms in total. The molecule has 31 heavy (non-hydrogen) atoms. The first-order valence-electron chi connectivity index (χ1n) is 12.9. The van der Waals surface area contributed by atoms with Crippen molar-refractivity contribution >= 4 is 6.08 Å². The normalized spacial score (nSPS) is 11.4. The molecule has 0 amide bonds. The topological polar surface area (TPSA) is 16.8 Å². The van der Waals surface area contributed by atoms with E-state index in [1.165, 1.54) is 101 Å². The molecule has 170 valence electrons. The van der Waals surface area contributed by atoms with Crippen LogP contribution in [0.15, 0.2) is 55.0 Å². The van der Waals surface area contributed by atoms with Gasteiger partial charge in [0.25, 0.3) is 0 Å². The van der Waals surface area contributed by atoms with Crippen LogP contribution in [0, 0.1) is 0 Å². The zero-order chi connectivity index (χ0) is 21.8. The molecule has 0 spiro atoms. The fourth-order valence-corrected chi connectivity index (χ4v) is 4.12. The minimum atomic E-state index is 0.891. The molecule has 0 atom stereocenters. The zero-order valence-corrected chi connectivity index (χ0v) is 20.0. The summed E-state index contributed by atoms with van der Waals surface area (Å²) in [6.45, 7) is 3.18. The molecule has 0 aliphatic rings. The van der Waals surface area contributed by atoms with E-state index in [-0.39, 0.29) is 0 Å². The van der Waals surface area contributed by atoms with Gasteiger partial charge in [0.05, 0.1) is 12.4 Å². The van der Waals surface area contributed by atoms with Gasteiger partial charge in [-0.25, -0.2) is 0 Å². The van der Waals surface area contributed by atoms with Crippen LogP contribution in [0.2, 0.25) is 0 Å². The van der Waals surface area contributed by atoms with Crippen LogP contribution in [0.5, 0.6) is 0 Å². The highest BCUT2D eigenvalue weighted by Crippen LogP contribution is 2.13. The maximum Gasteiger partial charge on any atom is 0.223 e. The molecule has 0 bridgehead atoms. The average Bonchev–Trinajstić information content (AvgIpc) is 2.80. The number of hydrogen-bond acceptors (Lipinski definition) is 1. The molecule has 2 heteroatoms. The van der Waals surface area contributed by atoms with E-state index in [1.54, 1.807) is 0 Å². The van der Waals surface area contributed by atoms with Crippen molar-refractivity contribution in [1.29, 1.82) is 0 Å². The molecule has 2 rings (SSSR count). The third kappa shape index (κ3) is 12.5. The maximum atomic E-state index is 4.31. The summed E-state index contributed by atoms with van der Waals surface area (Å²) in [6, 6.07) is 10.6. The van der Waals surface area contributed by atoms with E-state index < -0.39 is 0 Å². The van der Waals surface area contributed by atoms with Gasteiger partial charge < -0.3 is 0 Å². The van der Waals surface area contributed by atoms with E-state index in [9.17, 15) is 0 Å². The molecule has 0 N–H and O–H groups in total. The van der Waals surface area contributed by atoms with E-state index in [0.29, 0.717) is 0 Å². The highest BCUT2D eigenvalue weighted by molar-refractivity contribution is 5.39. The van der Waals surface area contributed by atoms with Crippen LogP contribution in [-0.4, -0.2) is 4.98 Å². The van der Waals surface area contributed by atoms with E-state index in [0.717, 1.165) is 13.0 Å². The molecule has 1 aromatic heterocycles. The second kappa shape index (κ2) is 17.7. The molecular weight excluding hydrogens is 376 g/mol. The summed E-state index contributed by atoms with van der Waals surface area (Å²) in [5.41, 5.74) is 2.50. The van der Waals surface area contributed by atoms with Crippen LogP contribution < -0.4 is 4.57 Å². The second-order valence-corrected chi connectivity index (χ2v) is 8.90. The monoisotopic (exact) mass is 421 g/mol. The van der Waals surface area contributed by atoms with E-state index >= 15 is 0 Å². The highest BCUT2D eigenvalue weighted by Gasteiger charge is 2.07. The first-order valence-corrected chi connectivity index (χ1v) is 12.9. The molecule has 0 saturated heterocycles. The first kappa shape index (κ1) is 25.3. The molecule has 0 aliphatic heterocycles. The van der Waals surface area contributed by atoms with Crippen molar-refractivity contribution in [1.82, 2.24) is 4.98 Å². The largest absolute Gasteiger partial charge is 0.252 e. The number of hydrogen-bond donors (Lipinski definition) is 0. The minimum absolute atomic E-state index is 0.891. The lowest BCUT2D eigenvalue weighted by Gasteiger charge is -2.03. The van der Waals surface area contributed by atoms with Crippen molar-refractivity contribution in [3.05, 3.63) is 66.3 Å².